The van der Waals surface area contributed by atoms with E-state index in [0.717, 1.165) is 12.1 Å². The maximum atomic E-state index is 11.2. The van der Waals surface area contributed by atoms with Crippen molar-refractivity contribution in [1.82, 2.24) is 0 Å². The van der Waals surface area contributed by atoms with E-state index in [0.29, 0.717) is 0 Å². The molecule has 1 aliphatic heterocycles. The van der Waals surface area contributed by atoms with Crippen LogP contribution < -0.4 is 5.32 Å². The number of hydrogen-bond acceptors (Lipinski definition) is 2. The molecule has 0 saturated carbocycles. The highest BCUT2D eigenvalue weighted by atomic mass is 16.4. The molecule has 1 aromatic rings. The van der Waals surface area contributed by atoms with Gasteiger partial charge in [-0.25, -0.2) is 4.79 Å². The van der Waals surface area contributed by atoms with Crippen LogP contribution in [0.3, 0.4) is 0 Å². The molecule has 0 aromatic heterocycles. The maximum Gasteiger partial charge on any atom is 0.326 e. The van der Waals surface area contributed by atoms with E-state index in [1.54, 1.807) is 0 Å². The molecule has 0 spiro atoms. The van der Waals surface area contributed by atoms with Crippen molar-refractivity contribution >= 4 is 11.7 Å². The zero-order valence-electron chi connectivity index (χ0n) is 8.76. The van der Waals surface area contributed by atoms with Crippen molar-refractivity contribution in [3.63, 3.8) is 0 Å². The molecule has 3 atom stereocenters. The second kappa shape index (κ2) is 3.37. The first kappa shape index (κ1) is 9.46. The number of aliphatic carboxylic acids is 1. The smallest absolute Gasteiger partial charge is 0.326 e. The SMILES string of the molecule is O=C(O)[C@H]1Nc2ccccc2[C@H]2C=CC[C@@H]12. The quantitative estimate of drug-likeness (QED) is 0.706. The predicted molar refractivity (Wildman–Crippen MR) is 61.5 cm³/mol. The Bertz CT molecular complexity index is 467. The van der Waals surface area contributed by atoms with Crippen LogP contribution in [0.25, 0.3) is 0 Å². The Morgan fingerprint density at radius 1 is 1.38 bits per heavy atom. The van der Waals surface area contributed by atoms with Crippen LogP contribution in [0.4, 0.5) is 5.69 Å². The third kappa shape index (κ3) is 1.24. The van der Waals surface area contributed by atoms with Gasteiger partial charge >= 0.3 is 5.97 Å². The van der Waals surface area contributed by atoms with Gasteiger partial charge in [0.2, 0.25) is 0 Å². The normalized spacial score (nSPS) is 30.4. The number of para-hydroxylation sites is 1. The van der Waals surface area contributed by atoms with E-state index >= 15 is 0 Å². The number of rotatable bonds is 1. The number of nitrogens with one attached hydrogen (secondary N) is 1. The van der Waals surface area contributed by atoms with Crippen molar-refractivity contribution in [2.75, 3.05) is 5.32 Å². The molecule has 1 aliphatic carbocycles. The fourth-order valence-corrected chi connectivity index (χ4v) is 2.79. The van der Waals surface area contributed by atoms with Gasteiger partial charge in [-0.2, -0.15) is 0 Å². The lowest BCUT2D eigenvalue weighted by Gasteiger charge is -2.34. The lowest BCUT2D eigenvalue weighted by molar-refractivity contribution is -0.139. The van der Waals surface area contributed by atoms with Gasteiger partial charge in [0.25, 0.3) is 0 Å². The van der Waals surface area contributed by atoms with Gasteiger partial charge in [0.05, 0.1) is 0 Å². The number of anilines is 1. The highest BCUT2D eigenvalue weighted by Crippen LogP contribution is 2.44. The van der Waals surface area contributed by atoms with Gasteiger partial charge < -0.3 is 10.4 Å². The van der Waals surface area contributed by atoms with E-state index in [9.17, 15) is 9.90 Å². The molecule has 0 fully saturated rings. The van der Waals surface area contributed by atoms with Gasteiger partial charge in [0, 0.05) is 17.5 Å². The van der Waals surface area contributed by atoms with Crippen molar-refractivity contribution in [2.24, 2.45) is 5.92 Å². The molecule has 0 amide bonds. The Hall–Kier alpha value is -1.77. The Morgan fingerprint density at radius 3 is 3.00 bits per heavy atom. The maximum absolute atomic E-state index is 11.2. The number of carboxylic acids is 1. The Labute approximate surface area is 93.8 Å². The standard InChI is InChI=1S/C13H13NO2/c15-13(16)12-10-6-3-5-8(10)9-4-1-2-7-11(9)14-12/h1-5,7-8,10,12,14H,6H2,(H,15,16)/t8-,10-,12+/m1/s1. The molecule has 2 aliphatic rings. The first-order valence-electron chi connectivity index (χ1n) is 5.52. The molecular formula is C13H13NO2. The van der Waals surface area contributed by atoms with E-state index < -0.39 is 12.0 Å². The minimum absolute atomic E-state index is 0.160. The summed E-state index contributed by atoms with van der Waals surface area (Å²) in [6.07, 6.45) is 5.08. The molecule has 3 nitrogen and oxygen atoms in total. The van der Waals surface area contributed by atoms with Crippen LogP contribution in [0, 0.1) is 5.92 Å². The van der Waals surface area contributed by atoms with E-state index in [1.165, 1.54) is 5.56 Å². The first-order valence-corrected chi connectivity index (χ1v) is 5.52. The third-order valence-corrected chi connectivity index (χ3v) is 3.54. The summed E-state index contributed by atoms with van der Waals surface area (Å²) in [6.45, 7) is 0. The molecular weight excluding hydrogens is 202 g/mol. The number of benzene rings is 1. The summed E-state index contributed by atoms with van der Waals surface area (Å²) < 4.78 is 0. The monoisotopic (exact) mass is 215 g/mol. The highest BCUT2D eigenvalue weighted by molar-refractivity contribution is 5.80. The largest absolute Gasteiger partial charge is 0.480 e. The van der Waals surface area contributed by atoms with Gasteiger partial charge in [-0.3, -0.25) is 0 Å². The van der Waals surface area contributed by atoms with Crippen molar-refractivity contribution < 1.29 is 9.90 Å². The third-order valence-electron chi connectivity index (χ3n) is 3.54. The number of fused-ring (bicyclic) bond motifs is 3. The van der Waals surface area contributed by atoms with E-state index in [1.807, 2.05) is 18.2 Å². The topological polar surface area (TPSA) is 49.3 Å². The Morgan fingerprint density at radius 2 is 2.19 bits per heavy atom. The van der Waals surface area contributed by atoms with Crippen LogP contribution in [0.1, 0.15) is 17.9 Å². The van der Waals surface area contributed by atoms with Crippen LogP contribution in [-0.4, -0.2) is 17.1 Å². The molecule has 3 rings (SSSR count). The summed E-state index contributed by atoms with van der Waals surface area (Å²) in [4.78, 5) is 11.2. The molecule has 1 heterocycles. The van der Waals surface area contributed by atoms with Gasteiger partial charge in [-0.05, 0) is 18.1 Å². The molecule has 82 valence electrons. The fraction of sp³-hybridized carbons (Fsp3) is 0.308. The summed E-state index contributed by atoms with van der Waals surface area (Å²) in [6, 6.07) is 7.51. The van der Waals surface area contributed by atoms with Gasteiger partial charge in [0.15, 0.2) is 0 Å². The fourth-order valence-electron chi connectivity index (χ4n) is 2.79. The number of carbonyl (C=O) groups is 1. The number of carboxylic acid groups (broad SMARTS) is 1. The van der Waals surface area contributed by atoms with Gasteiger partial charge in [0.1, 0.15) is 6.04 Å². The summed E-state index contributed by atoms with van der Waals surface area (Å²) in [5.41, 5.74) is 2.18. The minimum atomic E-state index is -0.756. The zero-order valence-corrected chi connectivity index (χ0v) is 8.76. The lowest BCUT2D eigenvalue weighted by atomic mass is 9.79. The van der Waals surface area contributed by atoms with Crippen molar-refractivity contribution in [3.05, 3.63) is 42.0 Å². The minimum Gasteiger partial charge on any atom is -0.480 e. The predicted octanol–water partition coefficient (Wildman–Crippen LogP) is 2.22. The van der Waals surface area contributed by atoms with Gasteiger partial charge in [-0.1, -0.05) is 30.4 Å². The zero-order chi connectivity index (χ0) is 11.1. The molecule has 0 bridgehead atoms. The van der Waals surface area contributed by atoms with E-state index in [2.05, 4.69) is 23.5 Å². The molecule has 2 N–H and O–H groups in total. The summed E-state index contributed by atoms with van der Waals surface area (Å²) >= 11 is 0. The van der Waals surface area contributed by atoms with Crippen LogP contribution in [-0.2, 0) is 4.79 Å². The second-order valence-corrected chi connectivity index (χ2v) is 4.40. The molecule has 0 radical (unpaired) electrons. The Balaban J connectivity index is 2.08. The molecule has 16 heavy (non-hydrogen) atoms. The first-order chi connectivity index (χ1) is 7.77. The van der Waals surface area contributed by atoms with Crippen LogP contribution >= 0.6 is 0 Å². The van der Waals surface area contributed by atoms with Crippen LogP contribution in [0.15, 0.2) is 36.4 Å². The van der Waals surface area contributed by atoms with E-state index in [-0.39, 0.29) is 11.8 Å². The second-order valence-electron chi connectivity index (χ2n) is 4.40. The number of allylic oxidation sites excluding steroid dienone is 2. The number of hydrogen-bond donors (Lipinski definition) is 2. The van der Waals surface area contributed by atoms with Crippen molar-refractivity contribution in [1.29, 1.82) is 0 Å². The lowest BCUT2D eigenvalue weighted by Crippen LogP contribution is -2.41. The van der Waals surface area contributed by atoms with Crippen LogP contribution in [0.2, 0.25) is 0 Å². The average Bonchev–Trinajstić information content (AvgIpc) is 2.76. The molecule has 3 heteroatoms. The summed E-state index contributed by atoms with van der Waals surface area (Å²) in [5.74, 6) is -0.334. The Kier molecular flexibility index (Phi) is 1.99. The molecule has 1 aromatic carbocycles. The van der Waals surface area contributed by atoms with E-state index in [4.69, 9.17) is 0 Å². The molecule has 0 unspecified atom stereocenters. The summed E-state index contributed by atoms with van der Waals surface area (Å²) in [5, 5.41) is 12.3. The highest BCUT2D eigenvalue weighted by Gasteiger charge is 2.40. The van der Waals surface area contributed by atoms with Crippen LogP contribution in [0.5, 0.6) is 0 Å². The summed E-state index contributed by atoms with van der Waals surface area (Å²) in [7, 11) is 0. The van der Waals surface area contributed by atoms with Crippen molar-refractivity contribution in [3.8, 4) is 0 Å². The molecule has 0 saturated heterocycles. The van der Waals surface area contributed by atoms with Gasteiger partial charge in [-0.15, -0.1) is 0 Å². The average molecular weight is 215 g/mol. The van der Waals surface area contributed by atoms with Crippen molar-refractivity contribution in [2.45, 2.75) is 18.4 Å².